The summed E-state index contributed by atoms with van der Waals surface area (Å²) in [5.74, 6) is 2.34. The number of hydrogen-bond donors (Lipinski definition) is 0. The lowest BCUT2D eigenvalue weighted by Gasteiger charge is -2.20. The average Bonchev–Trinajstić information content (AvgIpc) is 3.29. The van der Waals surface area contributed by atoms with Crippen LogP contribution in [0.1, 0.15) is 54.6 Å². The summed E-state index contributed by atoms with van der Waals surface area (Å²) < 4.78 is 16.8. The molecule has 0 spiro atoms. The SMILES string of the molecule is C[C@H](CC(=O)c1ccon1)c1ccc(OC2CCN(c3ccnc(OCC4CC4)c3)C2)cc1. The molecule has 7 nitrogen and oxygen atoms in total. The van der Waals surface area contributed by atoms with Crippen LogP contribution < -0.4 is 14.4 Å². The highest BCUT2D eigenvalue weighted by Crippen LogP contribution is 2.31. The fourth-order valence-corrected chi connectivity index (χ4v) is 4.15. The van der Waals surface area contributed by atoms with Crippen molar-refractivity contribution in [2.75, 3.05) is 24.6 Å². The molecular weight excluding hydrogens is 418 g/mol. The lowest BCUT2D eigenvalue weighted by Crippen LogP contribution is -2.24. The standard InChI is InChI=1S/C26H29N3O4/c1-18(14-25(30)24-10-13-32-28-24)20-4-6-22(7-5-20)33-23-9-12-29(16-23)21-8-11-27-26(15-21)31-17-19-2-3-19/h4-8,10-11,13,15,18-19,23H,2-3,9,12,14,16-17H2,1H3/t18-,23?/m1/s1. The number of carbonyl (C=O) groups is 1. The molecule has 33 heavy (non-hydrogen) atoms. The van der Waals surface area contributed by atoms with Crippen molar-refractivity contribution in [3.8, 4) is 11.6 Å². The largest absolute Gasteiger partial charge is 0.489 e. The van der Waals surface area contributed by atoms with Gasteiger partial charge in [-0.2, -0.15) is 0 Å². The van der Waals surface area contributed by atoms with Crippen LogP contribution in [0.2, 0.25) is 0 Å². The molecule has 0 radical (unpaired) electrons. The monoisotopic (exact) mass is 447 g/mol. The molecule has 2 fully saturated rings. The van der Waals surface area contributed by atoms with E-state index in [1.165, 1.54) is 19.1 Å². The summed E-state index contributed by atoms with van der Waals surface area (Å²) >= 11 is 0. The first-order valence-corrected chi connectivity index (χ1v) is 11.7. The Balaban J connectivity index is 1.13. The maximum absolute atomic E-state index is 12.3. The highest BCUT2D eigenvalue weighted by molar-refractivity contribution is 5.94. The molecule has 1 saturated carbocycles. The van der Waals surface area contributed by atoms with E-state index in [0.717, 1.165) is 43.1 Å². The number of pyridine rings is 1. The summed E-state index contributed by atoms with van der Waals surface area (Å²) in [5, 5.41) is 3.73. The Bertz CT molecular complexity index is 1060. The average molecular weight is 448 g/mol. The van der Waals surface area contributed by atoms with Crippen LogP contribution in [0, 0.1) is 5.92 Å². The number of hydrogen-bond acceptors (Lipinski definition) is 7. The molecule has 1 aromatic carbocycles. The number of benzene rings is 1. The molecule has 0 bridgehead atoms. The van der Waals surface area contributed by atoms with Crippen molar-refractivity contribution in [3.05, 3.63) is 66.2 Å². The molecule has 172 valence electrons. The van der Waals surface area contributed by atoms with Gasteiger partial charge in [-0.3, -0.25) is 4.79 Å². The third-order valence-corrected chi connectivity index (χ3v) is 6.36. The zero-order chi connectivity index (χ0) is 22.6. The highest BCUT2D eigenvalue weighted by Gasteiger charge is 2.26. The second-order valence-corrected chi connectivity index (χ2v) is 9.06. The van der Waals surface area contributed by atoms with Gasteiger partial charge in [-0.15, -0.1) is 0 Å². The maximum Gasteiger partial charge on any atom is 0.215 e. The van der Waals surface area contributed by atoms with Crippen LogP contribution in [0.5, 0.6) is 11.6 Å². The van der Waals surface area contributed by atoms with E-state index in [1.807, 2.05) is 49.5 Å². The predicted molar refractivity (Wildman–Crippen MR) is 124 cm³/mol. The van der Waals surface area contributed by atoms with E-state index in [0.29, 0.717) is 23.9 Å². The normalized spacial score (nSPS) is 18.8. The van der Waals surface area contributed by atoms with Crippen LogP contribution in [0.4, 0.5) is 5.69 Å². The number of nitrogens with zero attached hydrogens (tertiary/aromatic N) is 3. The second-order valence-electron chi connectivity index (χ2n) is 9.06. The Morgan fingerprint density at radius 1 is 1.18 bits per heavy atom. The minimum absolute atomic E-state index is 0.0140. The summed E-state index contributed by atoms with van der Waals surface area (Å²) in [6.45, 7) is 4.58. The minimum Gasteiger partial charge on any atom is -0.489 e. The smallest absolute Gasteiger partial charge is 0.215 e. The molecule has 0 N–H and O–H groups in total. The van der Waals surface area contributed by atoms with Crippen LogP contribution in [0.25, 0.3) is 0 Å². The first-order chi connectivity index (χ1) is 16.1. The summed E-state index contributed by atoms with van der Waals surface area (Å²) in [5.41, 5.74) is 2.61. The molecule has 5 rings (SSSR count). The van der Waals surface area contributed by atoms with Crippen LogP contribution in [0.15, 0.2) is 59.4 Å². The van der Waals surface area contributed by atoms with Crippen molar-refractivity contribution in [3.63, 3.8) is 0 Å². The van der Waals surface area contributed by atoms with E-state index in [2.05, 4.69) is 15.0 Å². The van der Waals surface area contributed by atoms with Gasteiger partial charge < -0.3 is 18.9 Å². The van der Waals surface area contributed by atoms with Gasteiger partial charge in [0.1, 0.15) is 23.8 Å². The van der Waals surface area contributed by atoms with Crippen molar-refractivity contribution < 1.29 is 18.8 Å². The Morgan fingerprint density at radius 2 is 2.03 bits per heavy atom. The van der Waals surface area contributed by atoms with E-state index in [-0.39, 0.29) is 17.8 Å². The molecule has 2 atom stereocenters. The van der Waals surface area contributed by atoms with Gasteiger partial charge >= 0.3 is 0 Å². The second kappa shape index (κ2) is 9.65. The number of aromatic nitrogens is 2. The summed E-state index contributed by atoms with van der Waals surface area (Å²) in [6.07, 6.45) is 7.26. The van der Waals surface area contributed by atoms with Crippen LogP contribution in [-0.2, 0) is 0 Å². The van der Waals surface area contributed by atoms with Crippen LogP contribution in [0.3, 0.4) is 0 Å². The van der Waals surface area contributed by atoms with Gasteiger partial charge in [0.05, 0.1) is 13.2 Å². The molecular formula is C26H29N3O4. The Kier molecular flexibility index (Phi) is 6.28. The van der Waals surface area contributed by atoms with E-state index in [9.17, 15) is 4.79 Å². The first kappa shape index (κ1) is 21.5. The molecule has 3 aromatic rings. The molecule has 7 heteroatoms. The number of anilines is 1. The number of carbonyl (C=O) groups excluding carboxylic acids is 1. The van der Waals surface area contributed by atoms with Crippen molar-refractivity contribution in [1.29, 1.82) is 0 Å². The minimum atomic E-state index is -0.0140. The van der Waals surface area contributed by atoms with Gasteiger partial charge in [0.2, 0.25) is 5.88 Å². The van der Waals surface area contributed by atoms with E-state index < -0.39 is 0 Å². The van der Waals surface area contributed by atoms with E-state index in [4.69, 9.17) is 14.0 Å². The van der Waals surface area contributed by atoms with E-state index in [1.54, 1.807) is 6.07 Å². The van der Waals surface area contributed by atoms with Gasteiger partial charge in [-0.25, -0.2) is 4.98 Å². The molecule has 1 aliphatic carbocycles. The topological polar surface area (TPSA) is 77.7 Å². The van der Waals surface area contributed by atoms with Crippen LogP contribution in [-0.4, -0.2) is 41.7 Å². The van der Waals surface area contributed by atoms with Crippen molar-refractivity contribution in [2.45, 2.75) is 44.6 Å². The molecule has 2 aromatic heterocycles. The molecule has 1 unspecified atom stereocenters. The van der Waals surface area contributed by atoms with Crippen molar-refractivity contribution in [1.82, 2.24) is 10.1 Å². The van der Waals surface area contributed by atoms with Gasteiger partial charge in [0.15, 0.2) is 5.78 Å². The Labute approximate surface area is 193 Å². The zero-order valence-corrected chi connectivity index (χ0v) is 18.9. The number of Topliss-reactive ketones (excluding diaryl/α,β-unsaturated/α-hetero) is 1. The highest BCUT2D eigenvalue weighted by atomic mass is 16.5. The molecule has 0 amide bonds. The zero-order valence-electron chi connectivity index (χ0n) is 18.9. The van der Waals surface area contributed by atoms with Gasteiger partial charge in [0, 0.05) is 43.4 Å². The third kappa shape index (κ3) is 5.53. The molecule has 3 heterocycles. The number of ketones is 1. The lowest BCUT2D eigenvalue weighted by molar-refractivity contribution is 0.0967. The molecule has 1 aliphatic heterocycles. The summed E-state index contributed by atoms with van der Waals surface area (Å²) in [4.78, 5) is 18.9. The van der Waals surface area contributed by atoms with Crippen LogP contribution >= 0.6 is 0 Å². The molecule has 2 aliphatic rings. The van der Waals surface area contributed by atoms with Crippen molar-refractivity contribution >= 4 is 11.5 Å². The quantitative estimate of drug-likeness (QED) is 0.409. The molecule has 1 saturated heterocycles. The predicted octanol–water partition coefficient (Wildman–Crippen LogP) is 4.89. The maximum atomic E-state index is 12.3. The number of rotatable bonds is 10. The first-order valence-electron chi connectivity index (χ1n) is 11.7. The van der Waals surface area contributed by atoms with Gasteiger partial charge in [-0.05, 0) is 48.4 Å². The lowest BCUT2D eigenvalue weighted by atomic mass is 9.95. The van der Waals surface area contributed by atoms with Gasteiger partial charge in [0.25, 0.3) is 0 Å². The Hall–Kier alpha value is -3.35. The Morgan fingerprint density at radius 3 is 2.79 bits per heavy atom. The summed E-state index contributed by atoms with van der Waals surface area (Å²) in [7, 11) is 0. The number of ether oxygens (including phenoxy) is 2. The summed E-state index contributed by atoms with van der Waals surface area (Å²) in [6, 6.07) is 13.7. The van der Waals surface area contributed by atoms with Crippen molar-refractivity contribution in [2.24, 2.45) is 5.92 Å². The van der Waals surface area contributed by atoms with E-state index >= 15 is 0 Å². The fraction of sp³-hybridized carbons (Fsp3) is 0.423. The fourth-order valence-electron chi connectivity index (χ4n) is 4.15. The third-order valence-electron chi connectivity index (χ3n) is 6.36. The van der Waals surface area contributed by atoms with Gasteiger partial charge in [-0.1, -0.05) is 24.2 Å².